The molecular weight excluding hydrogens is 504 g/mol. The Labute approximate surface area is 234 Å². The number of ether oxygens (including phenoxy) is 2. The van der Waals surface area contributed by atoms with Gasteiger partial charge in [0.05, 0.1) is 31.5 Å². The lowest BCUT2D eigenvalue weighted by Crippen LogP contribution is -2.38. The molecule has 208 valence electrons. The Morgan fingerprint density at radius 1 is 0.950 bits per heavy atom. The highest BCUT2D eigenvalue weighted by molar-refractivity contribution is 6.01. The van der Waals surface area contributed by atoms with Crippen LogP contribution in [0.5, 0.6) is 0 Å². The quantitative estimate of drug-likeness (QED) is 0.284. The number of aromatic nitrogens is 2. The minimum absolute atomic E-state index is 0.0413. The number of ketones is 1. The predicted molar refractivity (Wildman–Crippen MR) is 157 cm³/mol. The van der Waals surface area contributed by atoms with E-state index in [2.05, 4.69) is 15.3 Å². The maximum Gasteiger partial charge on any atom is 0.412 e. The molecule has 0 atom stereocenters. The number of rotatable bonds is 8. The third-order valence-electron chi connectivity index (χ3n) is 6.89. The van der Waals surface area contributed by atoms with E-state index in [9.17, 15) is 9.59 Å². The van der Waals surface area contributed by atoms with Crippen LogP contribution in [-0.2, 0) is 22.4 Å². The topological polar surface area (TPSA) is 85.7 Å². The van der Waals surface area contributed by atoms with E-state index in [0.717, 1.165) is 67.0 Å². The first-order valence-electron chi connectivity index (χ1n) is 13.7. The van der Waals surface area contributed by atoms with E-state index in [4.69, 9.17) is 9.47 Å². The van der Waals surface area contributed by atoms with Gasteiger partial charge in [0.1, 0.15) is 5.60 Å². The molecule has 1 aromatic heterocycles. The predicted octanol–water partition coefficient (Wildman–Crippen LogP) is 5.81. The Morgan fingerprint density at radius 2 is 1.73 bits per heavy atom. The normalized spacial score (nSPS) is 14.3. The summed E-state index contributed by atoms with van der Waals surface area (Å²) < 4.78 is 12.9. The lowest BCUT2D eigenvalue weighted by Gasteiger charge is -2.26. The first-order valence-corrected chi connectivity index (χ1v) is 13.7. The number of amides is 1. The second-order valence-corrected chi connectivity index (χ2v) is 11.1. The SMILES string of the molecule is CC(C)(C)OC(=O)Nc1ccc(-c2ccccc2)cc1CC(=O)c1ccc2c(cnn2CCN2CCOCC2)c1. The summed E-state index contributed by atoms with van der Waals surface area (Å²) in [6.07, 6.45) is 1.39. The lowest BCUT2D eigenvalue weighted by atomic mass is 9.96. The van der Waals surface area contributed by atoms with Crippen molar-refractivity contribution in [1.29, 1.82) is 0 Å². The van der Waals surface area contributed by atoms with Gasteiger partial charge in [-0.25, -0.2) is 4.79 Å². The van der Waals surface area contributed by atoms with Gasteiger partial charge in [0, 0.05) is 42.7 Å². The van der Waals surface area contributed by atoms with Crippen LogP contribution in [0.15, 0.2) is 72.9 Å². The molecule has 0 radical (unpaired) electrons. The number of nitrogens with zero attached hydrogens (tertiary/aromatic N) is 3. The van der Waals surface area contributed by atoms with E-state index in [1.165, 1.54) is 0 Å². The molecule has 0 bridgehead atoms. The minimum Gasteiger partial charge on any atom is -0.444 e. The van der Waals surface area contributed by atoms with Crippen LogP contribution in [0.3, 0.4) is 0 Å². The summed E-state index contributed by atoms with van der Waals surface area (Å²) in [6, 6.07) is 21.4. The van der Waals surface area contributed by atoms with Gasteiger partial charge < -0.3 is 9.47 Å². The lowest BCUT2D eigenvalue weighted by molar-refractivity contribution is 0.0361. The summed E-state index contributed by atoms with van der Waals surface area (Å²) in [5.41, 5.74) is 4.25. The van der Waals surface area contributed by atoms with Crippen LogP contribution in [0.2, 0.25) is 0 Å². The van der Waals surface area contributed by atoms with Crippen molar-refractivity contribution >= 4 is 28.5 Å². The van der Waals surface area contributed by atoms with Crippen LogP contribution in [0, 0.1) is 0 Å². The number of Topliss-reactive ketones (excluding diaryl/α,β-unsaturated/α-hetero) is 1. The van der Waals surface area contributed by atoms with Gasteiger partial charge in [-0.05, 0) is 67.8 Å². The van der Waals surface area contributed by atoms with Gasteiger partial charge in [0.25, 0.3) is 0 Å². The molecule has 8 nitrogen and oxygen atoms in total. The highest BCUT2D eigenvalue weighted by Gasteiger charge is 2.19. The van der Waals surface area contributed by atoms with Gasteiger partial charge in [0.15, 0.2) is 5.78 Å². The van der Waals surface area contributed by atoms with E-state index >= 15 is 0 Å². The largest absolute Gasteiger partial charge is 0.444 e. The fourth-order valence-electron chi connectivity index (χ4n) is 4.86. The molecule has 1 aliphatic heterocycles. The van der Waals surface area contributed by atoms with Crippen molar-refractivity contribution in [2.45, 2.75) is 39.3 Å². The van der Waals surface area contributed by atoms with Crippen LogP contribution in [0.4, 0.5) is 10.5 Å². The molecule has 0 saturated carbocycles. The number of morpholine rings is 1. The summed E-state index contributed by atoms with van der Waals surface area (Å²) >= 11 is 0. The number of carbonyl (C=O) groups excluding carboxylic acids is 2. The van der Waals surface area contributed by atoms with Crippen LogP contribution >= 0.6 is 0 Å². The molecule has 1 saturated heterocycles. The molecule has 3 aromatic carbocycles. The highest BCUT2D eigenvalue weighted by atomic mass is 16.6. The van der Waals surface area contributed by atoms with Gasteiger partial charge in [0.2, 0.25) is 0 Å². The fraction of sp³-hybridized carbons (Fsp3) is 0.344. The number of anilines is 1. The van der Waals surface area contributed by atoms with Gasteiger partial charge in [-0.3, -0.25) is 19.7 Å². The zero-order valence-corrected chi connectivity index (χ0v) is 23.4. The average Bonchev–Trinajstić information content (AvgIpc) is 3.35. The smallest absolute Gasteiger partial charge is 0.412 e. The van der Waals surface area contributed by atoms with Crippen molar-refractivity contribution in [2.24, 2.45) is 0 Å². The molecule has 1 N–H and O–H groups in total. The van der Waals surface area contributed by atoms with Crippen molar-refractivity contribution in [3.8, 4) is 11.1 Å². The molecule has 1 amide bonds. The van der Waals surface area contributed by atoms with E-state index < -0.39 is 11.7 Å². The Bertz CT molecular complexity index is 1480. The number of carbonyl (C=O) groups is 2. The third kappa shape index (κ3) is 6.94. The van der Waals surface area contributed by atoms with Crippen molar-refractivity contribution in [1.82, 2.24) is 14.7 Å². The summed E-state index contributed by atoms with van der Waals surface area (Å²) in [7, 11) is 0. The number of hydrogen-bond donors (Lipinski definition) is 1. The fourth-order valence-corrected chi connectivity index (χ4v) is 4.86. The standard InChI is InChI=1S/C32H36N4O4/c1-32(2,3)40-31(38)34-28-11-9-24(23-7-5-4-6-8-23)19-26(28)21-30(37)25-10-12-29-27(20-25)22-33-36(29)14-13-35-15-17-39-18-16-35/h4-12,19-20,22H,13-18,21H2,1-3H3,(H,34,38). The molecule has 0 aliphatic carbocycles. The molecule has 5 rings (SSSR count). The monoisotopic (exact) mass is 540 g/mol. The van der Waals surface area contributed by atoms with Gasteiger partial charge in [-0.2, -0.15) is 5.10 Å². The summed E-state index contributed by atoms with van der Waals surface area (Å²) in [5, 5.41) is 8.34. The van der Waals surface area contributed by atoms with E-state index in [1.807, 2.05) is 98.4 Å². The molecule has 0 spiro atoms. The van der Waals surface area contributed by atoms with Crippen LogP contribution < -0.4 is 5.32 Å². The Balaban J connectivity index is 1.35. The van der Waals surface area contributed by atoms with Crippen LogP contribution in [0.1, 0.15) is 36.7 Å². The number of nitrogens with one attached hydrogen (secondary N) is 1. The zero-order chi connectivity index (χ0) is 28.1. The maximum atomic E-state index is 13.5. The molecule has 40 heavy (non-hydrogen) atoms. The first-order chi connectivity index (χ1) is 19.2. The number of hydrogen-bond acceptors (Lipinski definition) is 6. The molecule has 2 heterocycles. The third-order valence-corrected chi connectivity index (χ3v) is 6.89. The second-order valence-electron chi connectivity index (χ2n) is 11.1. The Kier molecular flexibility index (Phi) is 8.28. The zero-order valence-electron chi connectivity index (χ0n) is 23.4. The molecule has 1 aliphatic rings. The van der Waals surface area contributed by atoms with Crippen LogP contribution in [-0.4, -0.2) is 65.0 Å². The molecule has 1 fully saturated rings. The number of benzene rings is 3. The van der Waals surface area contributed by atoms with Gasteiger partial charge in [-0.1, -0.05) is 36.4 Å². The van der Waals surface area contributed by atoms with E-state index in [-0.39, 0.29) is 12.2 Å². The summed E-state index contributed by atoms with van der Waals surface area (Å²) in [6.45, 7) is 10.6. The van der Waals surface area contributed by atoms with E-state index in [0.29, 0.717) is 11.3 Å². The van der Waals surface area contributed by atoms with Gasteiger partial charge in [-0.15, -0.1) is 0 Å². The van der Waals surface area contributed by atoms with E-state index in [1.54, 1.807) is 0 Å². The maximum absolute atomic E-state index is 13.5. The highest BCUT2D eigenvalue weighted by Crippen LogP contribution is 2.28. The Morgan fingerprint density at radius 3 is 2.48 bits per heavy atom. The summed E-state index contributed by atoms with van der Waals surface area (Å²) in [4.78, 5) is 28.5. The molecule has 0 unspecified atom stereocenters. The van der Waals surface area contributed by atoms with Crippen molar-refractivity contribution in [3.05, 3.63) is 84.1 Å². The number of fused-ring (bicyclic) bond motifs is 1. The van der Waals surface area contributed by atoms with Gasteiger partial charge >= 0.3 is 6.09 Å². The Hall–Kier alpha value is -4.01. The second kappa shape index (κ2) is 12.0. The van der Waals surface area contributed by atoms with Crippen molar-refractivity contribution in [2.75, 3.05) is 38.2 Å². The molecule has 8 heteroatoms. The molecule has 4 aromatic rings. The molecular formula is C32H36N4O4. The minimum atomic E-state index is -0.633. The summed E-state index contributed by atoms with van der Waals surface area (Å²) in [5.74, 6) is -0.0413. The van der Waals surface area contributed by atoms with Crippen molar-refractivity contribution in [3.63, 3.8) is 0 Å². The average molecular weight is 541 g/mol. The van der Waals surface area contributed by atoms with Crippen molar-refractivity contribution < 1.29 is 19.1 Å². The first kappa shape index (κ1) is 27.6. The van der Waals surface area contributed by atoms with Crippen LogP contribution in [0.25, 0.3) is 22.0 Å².